The number of benzene rings is 4. The van der Waals surface area contributed by atoms with Crippen LogP contribution in [-0.4, -0.2) is 29.9 Å². The van der Waals surface area contributed by atoms with E-state index >= 15 is 0 Å². The molecule has 1 atom stereocenters. The van der Waals surface area contributed by atoms with Crippen molar-refractivity contribution in [2.75, 3.05) is 13.7 Å². The summed E-state index contributed by atoms with van der Waals surface area (Å²) in [6, 6.07) is 33.0. The topological polar surface area (TPSA) is 132 Å². The first kappa shape index (κ1) is 31.0. The lowest BCUT2D eigenvalue weighted by atomic mass is 9.82. The molecule has 6 rings (SSSR count). The molecule has 0 saturated heterocycles. The van der Waals surface area contributed by atoms with E-state index in [1.165, 1.54) is 0 Å². The van der Waals surface area contributed by atoms with E-state index in [9.17, 15) is 10.1 Å². The van der Waals surface area contributed by atoms with Gasteiger partial charge in [-0.25, -0.2) is 4.79 Å². The summed E-state index contributed by atoms with van der Waals surface area (Å²) < 4.78 is 22.9. The second-order valence-electron chi connectivity index (χ2n) is 11.6. The molecule has 47 heavy (non-hydrogen) atoms. The molecule has 1 aromatic heterocycles. The smallest absolute Gasteiger partial charge is 0.338 e. The van der Waals surface area contributed by atoms with E-state index in [0.29, 0.717) is 35.1 Å². The number of esters is 1. The van der Waals surface area contributed by atoms with Crippen molar-refractivity contribution in [2.45, 2.75) is 26.4 Å². The average Bonchev–Trinajstić information content (AvgIpc) is 3.52. The first-order chi connectivity index (χ1) is 22.9. The fourth-order valence-corrected chi connectivity index (χ4v) is 5.52. The molecule has 0 spiro atoms. The Bertz CT molecular complexity index is 1960. The van der Waals surface area contributed by atoms with Crippen LogP contribution in [0.1, 0.15) is 46.8 Å². The number of aromatic nitrogens is 2. The van der Waals surface area contributed by atoms with Gasteiger partial charge in [0.1, 0.15) is 29.7 Å². The van der Waals surface area contributed by atoms with Crippen LogP contribution in [0.25, 0.3) is 22.4 Å². The number of nitrogens with one attached hydrogen (secondary N) is 1. The summed E-state index contributed by atoms with van der Waals surface area (Å²) in [7, 11) is 1.59. The van der Waals surface area contributed by atoms with Crippen molar-refractivity contribution in [1.29, 1.82) is 5.26 Å². The SMILES string of the molecule is COc1ccc([C@@H]2C(C#N)=C(N)Oc3n[nH]c(-c4ccc(-c5ccccc5)cc4)c32)cc1COc1ccc(C(=O)OCC(C)C)cc1. The van der Waals surface area contributed by atoms with Gasteiger partial charge in [-0.1, -0.05) is 74.5 Å². The summed E-state index contributed by atoms with van der Waals surface area (Å²) >= 11 is 0. The summed E-state index contributed by atoms with van der Waals surface area (Å²) in [5.74, 6) is 0.826. The van der Waals surface area contributed by atoms with E-state index in [1.54, 1.807) is 31.4 Å². The van der Waals surface area contributed by atoms with Gasteiger partial charge in [0, 0.05) is 11.1 Å². The second kappa shape index (κ2) is 13.5. The molecule has 5 aromatic rings. The van der Waals surface area contributed by atoms with Crippen molar-refractivity contribution in [3.63, 3.8) is 0 Å². The van der Waals surface area contributed by atoms with Crippen molar-refractivity contribution in [1.82, 2.24) is 10.2 Å². The first-order valence-electron chi connectivity index (χ1n) is 15.2. The second-order valence-corrected chi connectivity index (χ2v) is 11.6. The number of aromatic amines is 1. The minimum atomic E-state index is -0.563. The first-order valence-corrected chi connectivity index (χ1v) is 15.2. The number of hydrogen-bond donors (Lipinski definition) is 2. The lowest BCUT2D eigenvalue weighted by Gasteiger charge is -2.25. The highest BCUT2D eigenvalue weighted by Crippen LogP contribution is 2.46. The van der Waals surface area contributed by atoms with E-state index in [4.69, 9.17) is 24.7 Å². The summed E-state index contributed by atoms with van der Waals surface area (Å²) in [6.45, 7) is 4.50. The van der Waals surface area contributed by atoms with Crippen molar-refractivity contribution >= 4 is 5.97 Å². The summed E-state index contributed by atoms with van der Waals surface area (Å²) in [5, 5.41) is 17.8. The Morgan fingerprint density at radius 3 is 2.36 bits per heavy atom. The molecule has 9 nitrogen and oxygen atoms in total. The molecule has 9 heteroatoms. The van der Waals surface area contributed by atoms with E-state index < -0.39 is 5.92 Å². The van der Waals surface area contributed by atoms with Gasteiger partial charge in [-0.15, -0.1) is 5.10 Å². The highest BCUT2D eigenvalue weighted by molar-refractivity contribution is 5.89. The van der Waals surface area contributed by atoms with Crippen molar-refractivity contribution in [2.24, 2.45) is 11.7 Å². The Hall–Kier alpha value is -6.01. The van der Waals surface area contributed by atoms with Crippen molar-refractivity contribution in [3.8, 4) is 45.8 Å². The molecule has 3 N–H and O–H groups in total. The normalized spacial score (nSPS) is 13.8. The third kappa shape index (κ3) is 6.53. The molecule has 0 aliphatic carbocycles. The molecule has 236 valence electrons. The zero-order valence-corrected chi connectivity index (χ0v) is 26.3. The largest absolute Gasteiger partial charge is 0.496 e. The van der Waals surface area contributed by atoms with Gasteiger partial charge in [-0.05, 0) is 59.0 Å². The molecule has 2 heterocycles. The molecule has 0 bridgehead atoms. The highest BCUT2D eigenvalue weighted by Gasteiger charge is 2.36. The lowest BCUT2D eigenvalue weighted by molar-refractivity contribution is 0.0459. The lowest BCUT2D eigenvalue weighted by Crippen LogP contribution is -2.21. The number of nitrogens with two attached hydrogens (primary N) is 1. The molecule has 1 aliphatic heterocycles. The third-order valence-electron chi connectivity index (χ3n) is 7.89. The Kier molecular flexibility index (Phi) is 8.93. The minimum Gasteiger partial charge on any atom is -0.496 e. The van der Waals surface area contributed by atoms with Crippen LogP contribution >= 0.6 is 0 Å². The number of carbonyl (C=O) groups excluding carboxylic acids is 1. The number of nitrogens with zero attached hydrogens (tertiary/aromatic N) is 2. The maximum absolute atomic E-state index is 12.3. The maximum Gasteiger partial charge on any atom is 0.338 e. The van der Waals surface area contributed by atoms with Gasteiger partial charge < -0.3 is 24.7 Å². The standard InChI is InChI=1S/C38H34N4O5/c1-23(2)21-46-38(43)27-13-16-30(17-14-27)45-22-29-19-28(15-18-32(29)44-3)33-31(20-39)36(40)47-37-34(33)35(41-42-37)26-11-9-25(10-12-26)24-7-5-4-6-8-24/h4-19,23,33H,21-22,40H2,1-3H3,(H,41,42)/t33-/m1/s1. The number of nitriles is 1. The molecule has 0 unspecified atom stereocenters. The zero-order chi connectivity index (χ0) is 32.9. The predicted molar refractivity (Wildman–Crippen MR) is 178 cm³/mol. The molecule has 4 aromatic carbocycles. The van der Waals surface area contributed by atoms with Gasteiger partial charge >= 0.3 is 5.97 Å². The zero-order valence-electron chi connectivity index (χ0n) is 26.3. The molecule has 0 amide bonds. The number of allylic oxidation sites excluding steroid dienone is 1. The number of fused-ring (bicyclic) bond motifs is 1. The molecule has 0 radical (unpaired) electrons. The van der Waals surface area contributed by atoms with Gasteiger partial charge in [0.2, 0.25) is 11.8 Å². The number of ether oxygens (including phenoxy) is 4. The molecule has 0 saturated carbocycles. The van der Waals surface area contributed by atoms with E-state index in [2.05, 4.69) is 40.5 Å². The minimum absolute atomic E-state index is 0.00287. The van der Waals surface area contributed by atoms with E-state index in [0.717, 1.165) is 33.5 Å². The molecular formula is C38H34N4O5. The number of hydrogen-bond acceptors (Lipinski definition) is 8. The van der Waals surface area contributed by atoms with Gasteiger partial charge in [-0.2, -0.15) is 5.26 Å². The van der Waals surface area contributed by atoms with Gasteiger partial charge in [0.05, 0.1) is 36.5 Å². The van der Waals surface area contributed by atoms with Gasteiger partial charge in [-0.3, -0.25) is 5.10 Å². The Morgan fingerprint density at radius 1 is 0.979 bits per heavy atom. The van der Waals surface area contributed by atoms with E-state index in [-0.39, 0.29) is 30.0 Å². The molecule has 0 fully saturated rings. The van der Waals surface area contributed by atoms with Crippen LogP contribution in [0.15, 0.2) is 109 Å². The summed E-state index contributed by atoms with van der Waals surface area (Å²) in [6.07, 6.45) is 0. The van der Waals surface area contributed by atoms with Crippen LogP contribution in [-0.2, 0) is 11.3 Å². The van der Waals surface area contributed by atoms with Crippen LogP contribution in [0, 0.1) is 17.2 Å². The number of H-pyrrole nitrogens is 1. The van der Waals surface area contributed by atoms with E-state index in [1.807, 2.05) is 62.4 Å². The monoisotopic (exact) mass is 626 g/mol. The number of methoxy groups -OCH3 is 1. The van der Waals surface area contributed by atoms with Gasteiger partial charge in [0.25, 0.3) is 0 Å². The maximum atomic E-state index is 12.3. The highest BCUT2D eigenvalue weighted by atomic mass is 16.5. The quantitative estimate of drug-likeness (QED) is 0.154. The number of rotatable bonds is 10. The Morgan fingerprint density at radius 2 is 1.68 bits per heavy atom. The fraction of sp³-hybridized carbons (Fsp3) is 0.184. The Balaban J connectivity index is 1.29. The number of carbonyl (C=O) groups is 1. The van der Waals surface area contributed by atoms with Crippen molar-refractivity contribution < 1.29 is 23.7 Å². The van der Waals surface area contributed by atoms with Crippen molar-refractivity contribution in [3.05, 3.63) is 131 Å². The fourth-order valence-electron chi connectivity index (χ4n) is 5.52. The van der Waals surface area contributed by atoms with Crippen LogP contribution in [0.3, 0.4) is 0 Å². The van der Waals surface area contributed by atoms with Crippen LogP contribution in [0.2, 0.25) is 0 Å². The molecule has 1 aliphatic rings. The average molecular weight is 627 g/mol. The van der Waals surface area contributed by atoms with Gasteiger partial charge in [0.15, 0.2) is 0 Å². The Labute approximate surface area is 273 Å². The summed E-state index contributed by atoms with van der Waals surface area (Å²) in [5.41, 5.74) is 13.1. The summed E-state index contributed by atoms with van der Waals surface area (Å²) in [4.78, 5) is 12.3. The van der Waals surface area contributed by atoms with Crippen LogP contribution in [0.5, 0.6) is 17.4 Å². The predicted octanol–water partition coefficient (Wildman–Crippen LogP) is 7.36. The van der Waals surface area contributed by atoms with Crippen LogP contribution in [0.4, 0.5) is 0 Å². The third-order valence-corrected chi connectivity index (χ3v) is 7.89. The molecular weight excluding hydrogens is 592 g/mol. The van der Waals surface area contributed by atoms with Crippen LogP contribution < -0.4 is 19.9 Å².